The first-order valence-corrected chi connectivity index (χ1v) is 5.35. The van der Waals surface area contributed by atoms with E-state index in [1.807, 2.05) is 24.3 Å². The number of anilines is 1. The molecular formula is C10H10BrNO3. The molecule has 1 aromatic carbocycles. The predicted molar refractivity (Wildman–Crippen MR) is 58.8 cm³/mol. The molecule has 2 rings (SSSR count). The van der Waals surface area contributed by atoms with Crippen molar-refractivity contribution in [1.82, 2.24) is 0 Å². The number of benzene rings is 1. The van der Waals surface area contributed by atoms with E-state index in [2.05, 4.69) is 15.9 Å². The monoisotopic (exact) mass is 271 g/mol. The van der Waals surface area contributed by atoms with Gasteiger partial charge in [0.25, 0.3) is 0 Å². The highest BCUT2D eigenvalue weighted by Gasteiger charge is 2.32. The number of nitrogens with zero attached hydrogens (tertiary/aromatic N) is 1. The van der Waals surface area contributed by atoms with E-state index >= 15 is 0 Å². The summed E-state index contributed by atoms with van der Waals surface area (Å²) in [5.74, 6) is 0. The number of carbonyl (C=O) groups is 1. The highest BCUT2D eigenvalue weighted by molar-refractivity contribution is 9.10. The summed E-state index contributed by atoms with van der Waals surface area (Å²) in [6.45, 7) is 0.241. The Hall–Kier alpha value is -1.07. The minimum atomic E-state index is -0.426. The number of aliphatic hydroxyl groups is 1. The Balaban J connectivity index is 2.25. The molecule has 1 saturated heterocycles. The van der Waals surface area contributed by atoms with E-state index in [4.69, 9.17) is 9.84 Å². The van der Waals surface area contributed by atoms with Crippen molar-refractivity contribution < 1.29 is 14.6 Å². The predicted octanol–water partition coefficient (Wildman–Crippen LogP) is 1.77. The highest BCUT2D eigenvalue weighted by atomic mass is 79.9. The van der Waals surface area contributed by atoms with E-state index < -0.39 is 12.2 Å². The topological polar surface area (TPSA) is 49.8 Å². The fourth-order valence-electron chi connectivity index (χ4n) is 1.48. The summed E-state index contributed by atoms with van der Waals surface area (Å²) in [6, 6.07) is 7.40. The van der Waals surface area contributed by atoms with Gasteiger partial charge in [-0.1, -0.05) is 12.1 Å². The molecule has 15 heavy (non-hydrogen) atoms. The third kappa shape index (κ3) is 1.98. The second kappa shape index (κ2) is 4.20. The van der Waals surface area contributed by atoms with Crippen molar-refractivity contribution >= 4 is 27.7 Å². The minimum Gasteiger partial charge on any atom is -0.441 e. The third-order valence-corrected chi connectivity index (χ3v) is 2.89. The molecule has 1 aliphatic rings. The fourth-order valence-corrected chi connectivity index (χ4v) is 1.98. The molecule has 80 valence electrons. The van der Waals surface area contributed by atoms with Gasteiger partial charge in [0.1, 0.15) is 6.10 Å². The van der Waals surface area contributed by atoms with Gasteiger partial charge in [0.2, 0.25) is 0 Å². The number of ether oxygens (including phenoxy) is 1. The lowest BCUT2D eigenvalue weighted by Crippen LogP contribution is -2.25. The maximum atomic E-state index is 11.5. The maximum Gasteiger partial charge on any atom is 0.414 e. The van der Waals surface area contributed by atoms with Gasteiger partial charge in [-0.25, -0.2) is 4.79 Å². The van der Waals surface area contributed by atoms with Crippen LogP contribution in [0.5, 0.6) is 0 Å². The van der Waals surface area contributed by atoms with Gasteiger partial charge < -0.3 is 9.84 Å². The van der Waals surface area contributed by atoms with E-state index in [0.29, 0.717) is 6.54 Å². The average Bonchev–Trinajstić information content (AvgIpc) is 2.60. The van der Waals surface area contributed by atoms with Crippen molar-refractivity contribution in [2.75, 3.05) is 18.1 Å². The number of hydrogen-bond acceptors (Lipinski definition) is 3. The van der Waals surface area contributed by atoms with Crippen molar-refractivity contribution in [2.24, 2.45) is 0 Å². The van der Waals surface area contributed by atoms with Gasteiger partial charge in [-0.2, -0.15) is 0 Å². The van der Waals surface area contributed by atoms with Crippen LogP contribution in [0.25, 0.3) is 0 Å². The number of aliphatic hydroxyl groups excluding tert-OH is 1. The maximum absolute atomic E-state index is 11.5. The first-order chi connectivity index (χ1) is 7.22. The van der Waals surface area contributed by atoms with Crippen LogP contribution in [0.4, 0.5) is 10.5 Å². The molecule has 1 fully saturated rings. The van der Waals surface area contributed by atoms with Crippen LogP contribution in [-0.2, 0) is 4.74 Å². The van der Waals surface area contributed by atoms with Crippen LogP contribution in [0.3, 0.4) is 0 Å². The zero-order valence-corrected chi connectivity index (χ0v) is 9.48. The molecule has 0 aromatic heterocycles. The lowest BCUT2D eigenvalue weighted by molar-refractivity contribution is 0.0963. The molecule has 0 unspecified atom stereocenters. The molecule has 0 bridgehead atoms. The molecule has 1 amide bonds. The van der Waals surface area contributed by atoms with Crippen LogP contribution in [0.2, 0.25) is 0 Å². The highest BCUT2D eigenvalue weighted by Crippen LogP contribution is 2.29. The molecule has 1 atom stereocenters. The summed E-state index contributed by atoms with van der Waals surface area (Å²) in [5, 5.41) is 8.90. The summed E-state index contributed by atoms with van der Waals surface area (Å²) in [6.07, 6.45) is -0.842. The molecule has 4 nitrogen and oxygen atoms in total. The fraction of sp³-hybridized carbons (Fsp3) is 0.300. The summed E-state index contributed by atoms with van der Waals surface area (Å²) >= 11 is 3.36. The molecule has 0 aliphatic carbocycles. The Morgan fingerprint density at radius 1 is 1.53 bits per heavy atom. The number of amides is 1. The van der Waals surface area contributed by atoms with Crippen molar-refractivity contribution in [3.63, 3.8) is 0 Å². The van der Waals surface area contributed by atoms with Crippen LogP contribution in [0.1, 0.15) is 0 Å². The first kappa shape index (κ1) is 10.4. The van der Waals surface area contributed by atoms with Crippen LogP contribution >= 0.6 is 15.9 Å². The van der Waals surface area contributed by atoms with Gasteiger partial charge in [-0.15, -0.1) is 0 Å². The summed E-state index contributed by atoms with van der Waals surface area (Å²) in [4.78, 5) is 13.0. The Morgan fingerprint density at radius 2 is 2.27 bits per heavy atom. The minimum absolute atomic E-state index is 0.146. The molecule has 1 aliphatic heterocycles. The van der Waals surface area contributed by atoms with Gasteiger partial charge in [0, 0.05) is 4.47 Å². The number of hydrogen-bond donors (Lipinski definition) is 1. The molecule has 0 radical (unpaired) electrons. The quantitative estimate of drug-likeness (QED) is 0.892. The standard InChI is InChI=1S/C10H10BrNO3/c11-8-3-1-2-4-9(8)12-5-7(6-13)15-10(12)14/h1-4,7,13H,5-6H2/t7-/m1/s1. The Kier molecular flexibility index (Phi) is 2.93. The molecule has 1 N–H and O–H groups in total. The van der Waals surface area contributed by atoms with Gasteiger partial charge in [-0.3, -0.25) is 4.90 Å². The normalized spacial score (nSPS) is 20.5. The van der Waals surface area contributed by atoms with Crippen LogP contribution < -0.4 is 4.90 Å². The summed E-state index contributed by atoms with van der Waals surface area (Å²) < 4.78 is 5.78. The number of cyclic esters (lactones) is 1. The zero-order valence-electron chi connectivity index (χ0n) is 7.89. The molecule has 5 heteroatoms. The van der Waals surface area contributed by atoms with Crippen molar-refractivity contribution in [3.05, 3.63) is 28.7 Å². The van der Waals surface area contributed by atoms with Gasteiger partial charge in [0.05, 0.1) is 18.8 Å². The number of rotatable bonds is 2. The molecule has 0 spiro atoms. The van der Waals surface area contributed by atoms with E-state index in [9.17, 15) is 4.79 Å². The van der Waals surface area contributed by atoms with Crippen LogP contribution in [0.15, 0.2) is 28.7 Å². The number of para-hydroxylation sites is 1. The largest absolute Gasteiger partial charge is 0.441 e. The van der Waals surface area contributed by atoms with E-state index in [0.717, 1.165) is 10.2 Å². The van der Waals surface area contributed by atoms with Gasteiger partial charge >= 0.3 is 6.09 Å². The summed E-state index contributed by atoms with van der Waals surface area (Å²) in [5.41, 5.74) is 0.762. The second-order valence-corrected chi connectivity index (χ2v) is 4.10. The number of carbonyl (C=O) groups excluding carboxylic acids is 1. The smallest absolute Gasteiger partial charge is 0.414 e. The number of halogens is 1. The van der Waals surface area contributed by atoms with Crippen molar-refractivity contribution in [1.29, 1.82) is 0 Å². The molecule has 1 aromatic rings. The lowest BCUT2D eigenvalue weighted by atomic mass is 10.3. The van der Waals surface area contributed by atoms with Crippen LogP contribution in [0, 0.1) is 0 Å². The average molecular weight is 272 g/mol. The first-order valence-electron chi connectivity index (χ1n) is 4.56. The zero-order chi connectivity index (χ0) is 10.8. The lowest BCUT2D eigenvalue weighted by Gasteiger charge is -2.14. The SMILES string of the molecule is O=C1O[C@@H](CO)CN1c1ccccc1Br. The van der Waals surface area contributed by atoms with Crippen molar-refractivity contribution in [3.8, 4) is 0 Å². The Bertz CT molecular complexity index is 383. The summed E-state index contributed by atoms with van der Waals surface area (Å²) in [7, 11) is 0. The molecule has 0 saturated carbocycles. The van der Waals surface area contributed by atoms with Crippen LogP contribution in [-0.4, -0.2) is 30.5 Å². The molecular weight excluding hydrogens is 262 g/mol. The van der Waals surface area contributed by atoms with E-state index in [1.54, 1.807) is 0 Å². The van der Waals surface area contributed by atoms with E-state index in [-0.39, 0.29) is 6.61 Å². The van der Waals surface area contributed by atoms with Gasteiger partial charge in [-0.05, 0) is 28.1 Å². The van der Waals surface area contributed by atoms with Crippen molar-refractivity contribution in [2.45, 2.75) is 6.10 Å². The molecule has 1 heterocycles. The Labute approximate surface area is 95.6 Å². The van der Waals surface area contributed by atoms with Gasteiger partial charge in [0.15, 0.2) is 0 Å². The third-order valence-electron chi connectivity index (χ3n) is 2.22. The second-order valence-electron chi connectivity index (χ2n) is 3.25. The van der Waals surface area contributed by atoms with E-state index in [1.165, 1.54) is 4.90 Å². The Morgan fingerprint density at radius 3 is 2.87 bits per heavy atom.